The highest BCUT2D eigenvalue weighted by Gasteiger charge is 2.17. The molecule has 0 fully saturated rings. The van der Waals surface area contributed by atoms with Crippen LogP contribution in [-0.2, 0) is 4.74 Å². The number of hydrogen-bond donors (Lipinski definition) is 1. The third kappa shape index (κ3) is 5.57. The van der Waals surface area contributed by atoms with E-state index in [-0.39, 0.29) is 0 Å². The summed E-state index contributed by atoms with van der Waals surface area (Å²) >= 11 is 0. The van der Waals surface area contributed by atoms with E-state index in [0.29, 0.717) is 5.75 Å². The van der Waals surface area contributed by atoms with Gasteiger partial charge in [0.15, 0.2) is 0 Å². The van der Waals surface area contributed by atoms with Crippen molar-refractivity contribution in [2.45, 2.75) is 39.7 Å². The van der Waals surface area contributed by atoms with Gasteiger partial charge in [0.1, 0.15) is 11.4 Å². The van der Waals surface area contributed by atoms with E-state index >= 15 is 0 Å². The minimum absolute atomic E-state index is 0.478. The second-order valence-electron chi connectivity index (χ2n) is 5.02. The Morgan fingerprint density at radius 2 is 1.83 bits per heavy atom. The van der Waals surface area contributed by atoms with Crippen molar-refractivity contribution in [3.63, 3.8) is 0 Å². The first-order valence-electron chi connectivity index (χ1n) is 6.15. The molecule has 1 N–H and O–H groups in total. The molecule has 4 heteroatoms. The van der Waals surface area contributed by atoms with E-state index in [4.69, 9.17) is 9.47 Å². The number of carbonyl (C=O) groups is 1. The molecule has 0 atom stereocenters. The van der Waals surface area contributed by atoms with Crippen LogP contribution in [0.25, 0.3) is 0 Å². The minimum Gasteiger partial charge on any atom is -0.428 e. The van der Waals surface area contributed by atoms with E-state index in [2.05, 4.69) is 12.2 Å². The maximum absolute atomic E-state index is 11.4. The van der Waals surface area contributed by atoms with Crippen LogP contribution >= 0.6 is 0 Å². The first kappa shape index (κ1) is 14.4. The average Bonchev–Trinajstić information content (AvgIpc) is 2.25. The van der Waals surface area contributed by atoms with Crippen molar-refractivity contribution in [1.82, 2.24) is 0 Å². The molecule has 0 radical (unpaired) electrons. The van der Waals surface area contributed by atoms with Gasteiger partial charge in [-0.05, 0) is 51.5 Å². The van der Waals surface area contributed by atoms with Crippen LogP contribution in [0.3, 0.4) is 0 Å². The topological polar surface area (TPSA) is 47.6 Å². The Labute approximate surface area is 108 Å². The van der Waals surface area contributed by atoms with E-state index in [1.54, 1.807) is 32.9 Å². The van der Waals surface area contributed by atoms with Crippen LogP contribution in [0.1, 0.15) is 34.1 Å². The molecule has 1 rings (SSSR count). The molecule has 0 unspecified atom stereocenters. The molecular weight excluding hydrogens is 230 g/mol. The Morgan fingerprint density at radius 1 is 1.22 bits per heavy atom. The lowest BCUT2D eigenvalue weighted by molar-refractivity contribution is 0.0206. The third-order valence-corrected chi connectivity index (χ3v) is 2.02. The highest BCUT2D eigenvalue weighted by molar-refractivity contribution is 5.64. The van der Waals surface area contributed by atoms with Crippen LogP contribution in [0, 0.1) is 0 Å². The van der Waals surface area contributed by atoms with Crippen molar-refractivity contribution >= 4 is 11.8 Å². The third-order valence-electron chi connectivity index (χ3n) is 2.02. The van der Waals surface area contributed by atoms with Crippen molar-refractivity contribution < 1.29 is 14.3 Å². The number of nitrogens with one attached hydrogen (secondary N) is 1. The average molecular weight is 251 g/mol. The highest BCUT2D eigenvalue weighted by Crippen LogP contribution is 2.17. The molecule has 0 aromatic heterocycles. The molecule has 0 amide bonds. The maximum Gasteiger partial charge on any atom is 0.514 e. The predicted octanol–water partition coefficient (Wildman–Crippen LogP) is 3.82. The number of rotatable bonds is 4. The predicted molar refractivity (Wildman–Crippen MR) is 72.1 cm³/mol. The maximum atomic E-state index is 11.4. The van der Waals surface area contributed by atoms with E-state index in [1.807, 2.05) is 12.1 Å². The van der Waals surface area contributed by atoms with Gasteiger partial charge in [-0.15, -0.1) is 0 Å². The number of benzene rings is 1. The quantitative estimate of drug-likeness (QED) is 0.652. The highest BCUT2D eigenvalue weighted by atomic mass is 16.7. The lowest BCUT2D eigenvalue weighted by Crippen LogP contribution is -2.25. The fourth-order valence-corrected chi connectivity index (χ4v) is 1.28. The summed E-state index contributed by atoms with van der Waals surface area (Å²) < 4.78 is 10.1. The zero-order valence-electron chi connectivity index (χ0n) is 11.4. The molecule has 1 aromatic rings. The SMILES string of the molecule is CCCNc1ccc(OC(=O)OC(C)(C)C)cc1. The van der Waals surface area contributed by atoms with Gasteiger partial charge in [0.25, 0.3) is 0 Å². The summed E-state index contributed by atoms with van der Waals surface area (Å²) in [5.41, 5.74) is 0.466. The largest absolute Gasteiger partial charge is 0.514 e. The van der Waals surface area contributed by atoms with E-state index in [0.717, 1.165) is 18.7 Å². The molecule has 4 nitrogen and oxygen atoms in total. The van der Waals surface area contributed by atoms with Crippen LogP contribution in [0.5, 0.6) is 5.75 Å². The van der Waals surface area contributed by atoms with Gasteiger partial charge in [0.05, 0.1) is 0 Å². The molecule has 0 bridgehead atoms. The van der Waals surface area contributed by atoms with Gasteiger partial charge in [-0.25, -0.2) is 4.79 Å². The number of ether oxygens (including phenoxy) is 2. The van der Waals surface area contributed by atoms with Crippen molar-refractivity contribution in [3.8, 4) is 5.75 Å². The zero-order chi connectivity index (χ0) is 13.6. The molecule has 0 aliphatic carbocycles. The lowest BCUT2D eigenvalue weighted by atomic mass is 10.2. The van der Waals surface area contributed by atoms with Gasteiger partial charge in [-0.3, -0.25) is 0 Å². The van der Waals surface area contributed by atoms with Crippen LogP contribution in [0.2, 0.25) is 0 Å². The fourth-order valence-electron chi connectivity index (χ4n) is 1.28. The van der Waals surface area contributed by atoms with Crippen LogP contribution in [-0.4, -0.2) is 18.3 Å². The molecule has 0 spiro atoms. The lowest BCUT2D eigenvalue weighted by Gasteiger charge is -2.18. The standard InChI is InChI=1S/C14H21NO3/c1-5-10-15-11-6-8-12(9-7-11)17-13(16)18-14(2,3)4/h6-9,15H,5,10H2,1-4H3. The molecular formula is C14H21NO3. The summed E-state index contributed by atoms with van der Waals surface area (Å²) in [7, 11) is 0. The van der Waals surface area contributed by atoms with Gasteiger partial charge >= 0.3 is 6.16 Å². The molecule has 0 saturated carbocycles. The van der Waals surface area contributed by atoms with Gasteiger partial charge < -0.3 is 14.8 Å². The van der Waals surface area contributed by atoms with Gasteiger partial charge in [0, 0.05) is 12.2 Å². The Morgan fingerprint density at radius 3 is 2.33 bits per heavy atom. The first-order chi connectivity index (χ1) is 8.40. The summed E-state index contributed by atoms with van der Waals surface area (Å²) in [5.74, 6) is 0.478. The minimum atomic E-state index is -0.684. The summed E-state index contributed by atoms with van der Waals surface area (Å²) in [4.78, 5) is 11.4. The summed E-state index contributed by atoms with van der Waals surface area (Å²) in [5, 5.41) is 3.24. The molecule has 0 saturated heterocycles. The zero-order valence-corrected chi connectivity index (χ0v) is 11.4. The molecule has 18 heavy (non-hydrogen) atoms. The van der Waals surface area contributed by atoms with Crippen LogP contribution in [0.15, 0.2) is 24.3 Å². The summed E-state index contributed by atoms with van der Waals surface area (Å²) in [6.45, 7) is 8.42. The van der Waals surface area contributed by atoms with Gasteiger partial charge in [-0.2, -0.15) is 0 Å². The molecule has 100 valence electrons. The van der Waals surface area contributed by atoms with Crippen molar-refractivity contribution in [2.75, 3.05) is 11.9 Å². The van der Waals surface area contributed by atoms with Crippen LogP contribution in [0.4, 0.5) is 10.5 Å². The summed E-state index contributed by atoms with van der Waals surface area (Å²) in [6.07, 6.45) is 0.382. The fraction of sp³-hybridized carbons (Fsp3) is 0.500. The number of carbonyl (C=O) groups excluding carboxylic acids is 1. The first-order valence-corrected chi connectivity index (χ1v) is 6.15. The number of anilines is 1. The Kier molecular flexibility index (Phi) is 5.01. The normalized spacial score (nSPS) is 10.9. The molecule has 0 aliphatic heterocycles. The Balaban J connectivity index is 2.50. The second-order valence-corrected chi connectivity index (χ2v) is 5.02. The Hall–Kier alpha value is -1.71. The van der Waals surface area contributed by atoms with Crippen molar-refractivity contribution in [1.29, 1.82) is 0 Å². The molecule has 0 heterocycles. The van der Waals surface area contributed by atoms with Gasteiger partial charge in [0.2, 0.25) is 0 Å². The molecule has 0 aliphatic rings. The van der Waals surface area contributed by atoms with Gasteiger partial charge in [-0.1, -0.05) is 6.92 Å². The second kappa shape index (κ2) is 6.28. The van der Waals surface area contributed by atoms with E-state index < -0.39 is 11.8 Å². The Bertz CT molecular complexity index is 379. The number of hydrogen-bond acceptors (Lipinski definition) is 4. The molecule has 1 aromatic carbocycles. The van der Waals surface area contributed by atoms with Crippen molar-refractivity contribution in [3.05, 3.63) is 24.3 Å². The smallest absolute Gasteiger partial charge is 0.428 e. The summed E-state index contributed by atoms with van der Waals surface area (Å²) in [6, 6.07) is 7.22. The van der Waals surface area contributed by atoms with E-state index in [9.17, 15) is 4.79 Å². The van der Waals surface area contributed by atoms with Crippen molar-refractivity contribution in [2.24, 2.45) is 0 Å². The van der Waals surface area contributed by atoms with Crippen LogP contribution < -0.4 is 10.1 Å². The monoisotopic (exact) mass is 251 g/mol. The van der Waals surface area contributed by atoms with E-state index in [1.165, 1.54) is 0 Å².